The summed E-state index contributed by atoms with van der Waals surface area (Å²) in [5.41, 5.74) is 3.33. The molecule has 220 valence electrons. The average molecular weight is 581 g/mol. The van der Waals surface area contributed by atoms with Gasteiger partial charge in [-0.15, -0.1) is 0 Å². The zero-order valence-corrected chi connectivity index (χ0v) is 23.9. The van der Waals surface area contributed by atoms with Crippen molar-refractivity contribution in [1.29, 1.82) is 0 Å². The monoisotopic (exact) mass is 580 g/mol. The van der Waals surface area contributed by atoms with Crippen molar-refractivity contribution in [2.75, 3.05) is 25.4 Å². The van der Waals surface area contributed by atoms with E-state index in [1.54, 1.807) is 25.1 Å². The zero-order valence-electron chi connectivity index (χ0n) is 23.1. The Bertz CT molecular complexity index is 1270. The summed E-state index contributed by atoms with van der Waals surface area (Å²) in [7, 11) is -3.34. The molecule has 10 heteroatoms. The molecule has 2 aliphatic rings. The summed E-state index contributed by atoms with van der Waals surface area (Å²) in [6, 6.07) is 11.3. The molecule has 0 radical (unpaired) electrons. The Labute approximate surface area is 234 Å². The highest BCUT2D eigenvalue weighted by Crippen LogP contribution is 2.41. The van der Waals surface area contributed by atoms with E-state index in [1.807, 2.05) is 12.1 Å². The summed E-state index contributed by atoms with van der Waals surface area (Å²) >= 11 is 0. The van der Waals surface area contributed by atoms with E-state index in [4.69, 9.17) is 0 Å². The molecule has 1 amide bonds. The van der Waals surface area contributed by atoms with E-state index in [-0.39, 0.29) is 48.0 Å². The van der Waals surface area contributed by atoms with Gasteiger partial charge in [0.15, 0.2) is 9.84 Å². The number of aliphatic hydroxyl groups is 1. The number of nitrogens with zero attached hydrogens (tertiary/aromatic N) is 1. The highest BCUT2D eigenvalue weighted by atomic mass is 32.2. The van der Waals surface area contributed by atoms with Crippen LogP contribution in [0.25, 0.3) is 0 Å². The minimum Gasteiger partial charge on any atom is -0.394 e. The Balaban J connectivity index is 1.41. The van der Waals surface area contributed by atoms with Crippen LogP contribution in [0.5, 0.6) is 0 Å². The first-order valence-electron chi connectivity index (χ1n) is 14.1. The van der Waals surface area contributed by atoms with E-state index < -0.39 is 28.0 Å². The fourth-order valence-electron chi connectivity index (χ4n) is 6.16. The second-order valence-electron chi connectivity index (χ2n) is 11.0. The maximum absolute atomic E-state index is 13.1. The molecule has 1 unspecified atom stereocenters. The number of nitrogens with one attached hydrogen (secondary N) is 1. The van der Waals surface area contributed by atoms with Crippen LogP contribution < -0.4 is 5.32 Å². The van der Waals surface area contributed by atoms with E-state index >= 15 is 0 Å². The van der Waals surface area contributed by atoms with Gasteiger partial charge in [-0.05, 0) is 85.4 Å². The van der Waals surface area contributed by atoms with Crippen LogP contribution in [-0.4, -0.2) is 56.0 Å². The molecule has 1 aliphatic heterocycles. The summed E-state index contributed by atoms with van der Waals surface area (Å²) in [4.78, 5) is 15.7. The lowest BCUT2D eigenvalue weighted by atomic mass is 9.80. The van der Waals surface area contributed by atoms with Crippen molar-refractivity contribution < 1.29 is 31.5 Å². The summed E-state index contributed by atoms with van der Waals surface area (Å²) in [5, 5.41) is 12.8. The Morgan fingerprint density at radius 1 is 1.07 bits per heavy atom. The number of halogens is 3. The van der Waals surface area contributed by atoms with Crippen LogP contribution in [-0.2, 0) is 16.3 Å². The van der Waals surface area contributed by atoms with Gasteiger partial charge < -0.3 is 10.4 Å². The number of sulfone groups is 1. The quantitative estimate of drug-likeness (QED) is 0.402. The molecule has 6 nitrogen and oxygen atoms in total. The number of alkyl halides is 3. The van der Waals surface area contributed by atoms with Crippen LogP contribution in [0.3, 0.4) is 0 Å². The Morgan fingerprint density at radius 3 is 2.33 bits per heavy atom. The molecule has 2 aromatic rings. The summed E-state index contributed by atoms with van der Waals surface area (Å²) in [6.07, 6.45) is -0.840. The molecule has 2 atom stereocenters. The number of hydrogen-bond donors (Lipinski definition) is 2. The molecule has 1 fully saturated rings. The number of hydrogen-bond acceptors (Lipinski definition) is 5. The number of carbonyl (C=O) groups excluding carboxylic acids is 1. The lowest BCUT2D eigenvalue weighted by Crippen LogP contribution is -2.40. The number of aliphatic hydroxyl groups excluding tert-OH is 1. The van der Waals surface area contributed by atoms with E-state index in [0.717, 1.165) is 37.1 Å². The van der Waals surface area contributed by atoms with Crippen molar-refractivity contribution >= 4 is 15.7 Å². The van der Waals surface area contributed by atoms with Gasteiger partial charge in [0.05, 0.1) is 29.2 Å². The Morgan fingerprint density at radius 2 is 1.75 bits per heavy atom. The molecule has 2 N–H and O–H groups in total. The minimum atomic E-state index is -4.09. The van der Waals surface area contributed by atoms with Crippen LogP contribution >= 0.6 is 0 Å². The van der Waals surface area contributed by atoms with Crippen molar-refractivity contribution in [3.05, 3.63) is 64.7 Å². The Hall–Kier alpha value is -2.43. The van der Waals surface area contributed by atoms with E-state index in [9.17, 15) is 31.5 Å². The van der Waals surface area contributed by atoms with Crippen molar-refractivity contribution in [1.82, 2.24) is 10.2 Å². The maximum Gasteiger partial charge on any atom is 0.391 e. The molecule has 0 aromatic heterocycles. The number of benzene rings is 2. The highest BCUT2D eigenvalue weighted by molar-refractivity contribution is 7.91. The van der Waals surface area contributed by atoms with Crippen molar-refractivity contribution in [2.45, 2.75) is 75.5 Å². The van der Waals surface area contributed by atoms with Gasteiger partial charge in [-0.1, -0.05) is 32.0 Å². The molecule has 0 spiro atoms. The summed E-state index contributed by atoms with van der Waals surface area (Å²) in [6.45, 7) is 4.93. The SMILES string of the molecule is CC[C@H]1c2ccc(C(=O)NC(CO)c3ccc(S(=O)(=O)CC)cc3)cc2CCN1CC1CCC(C(F)(F)F)CC1. The van der Waals surface area contributed by atoms with E-state index in [0.29, 0.717) is 24.0 Å². The summed E-state index contributed by atoms with van der Waals surface area (Å²) < 4.78 is 63.4. The van der Waals surface area contributed by atoms with Gasteiger partial charge >= 0.3 is 6.18 Å². The molecule has 0 bridgehead atoms. The third kappa shape index (κ3) is 6.89. The first kappa shape index (κ1) is 30.5. The number of rotatable bonds is 9. The molecule has 1 heterocycles. The smallest absolute Gasteiger partial charge is 0.391 e. The molecule has 1 saturated carbocycles. The van der Waals surface area contributed by atoms with E-state index in [2.05, 4.69) is 17.1 Å². The predicted molar refractivity (Wildman–Crippen MR) is 148 cm³/mol. The minimum absolute atomic E-state index is 0.00947. The number of carbonyl (C=O) groups is 1. The van der Waals surface area contributed by atoms with Crippen LogP contribution in [0, 0.1) is 11.8 Å². The lowest BCUT2D eigenvalue weighted by Gasteiger charge is -2.40. The molecule has 40 heavy (non-hydrogen) atoms. The Kier molecular flexibility index (Phi) is 9.62. The molecule has 1 aliphatic carbocycles. The van der Waals surface area contributed by atoms with Crippen LogP contribution in [0.4, 0.5) is 13.2 Å². The average Bonchev–Trinajstić information content (AvgIpc) is 2.95. The van der Waals surface area contributed by atoms with Crippen molar-refractivity contribution in [3.63, 3.8) is 0 Å². The van der Waals surface area contributed by atoms with Gasteiger partial charge in [-0.2, -0.15) is 13.2 Å². The first-order chi connectivity index (χ1) is 19.0. The van der Waals surface area contributed by atoms with Gasteiger partial charge in [0.2, 0.25) is 0 Å². The van der Waals surface area contributed by atoms with E-state index in [1.165, 1.54) is 12.1 Å². The molecular weight excluding hydrogens is 541 g/mol. The fourth-order valence-corrected chi connectivity index (χ4v) is 7.04. The van der Waals surface area contributed by atoms with Crippen molar-refractivity contribution in [3.8, 4) is 0 Å². The van der Waals surface area contributed by atoms with Crippen molar-refractivity contribution in [2.24, 2.45) is 11.8 Å². The topological polar surface area (TPSA) is 86.7 Å². The van der Waals surface area contributed by atoms with Crippen LogP contribution in [0.15, 0.2) is 47.4 Å². The van der Waals surface area contributed by atoms with Crippen LogP contribution in [0.2, 0.25) is 0 Å². The van der Waals surface area contributed by atoms with Gasteiger partial charge in [0, 0.05) is 24.7 Å². The molecular formula is C30H39F3N2O4S. The van der Waals surface area contributed by atoms with Gasteiger partial charge in [-0.25, -0.2) is 8.42 Å². The molecule has 2 aromatic carbocycles. The fraction of sp³-hybridized carbons (Fsp3) is 0.567. The van der Waals surface area contributed by atoms with Gasteiger partial charge in [0.1, 0.15) is 0 Å². The molecule has 4 rings (SSSR count). The lowest BCUT2D eigenvalue weighted by molar-refractivity contribution is -0.184. The third-order valence-corrected chi connectivity index (χ3v) is 10.3. The predicted octanol–water partition coefficient (Wildman–Crippen LogP) is 5.62. The number of fused-ring (bicyclic) bond motifs is 1. The second-order valence-corrected chi connectivity index (χ2v) is 13.3. The third-order valence-electron chi connectivity index (χ3n) is 8.57. The standard InChI is InChI=1S/C30H39F3N2O4S/c1-3-28-26-14-9-23(29(37)34-27(19-36)21-7-12-25(13-8-21)40(38,39)4-2)17-22(26)15-16-35(28)18-20-5-10-24(11-6-20)30(31,32)33/h7-9,12-14,17,20,24,27-28,36H,3-6,10-11,15-16,18-19H2,1-2H3,(H,34,37)/t20?,24?,27?,28-/m0/s1. The van der Waals surface area contributed by atoms with Crippen LogP contribution in [0.1, 0.15) is 85.1 Å². The largest absolute Gasteiger partial charge is 0.394 e. The molecule has 0 saturated heterocycles. The maximum atomic E-state index is 13.1. The number of amides is 1. The zero-order chi connectivity index (χ0) is 29.1. The first-order valence-corrected chi connectivity index (χ1v) is 15.8. The summed E-state index contributed by atoms with van der Waals surface area (Å²) in [5.74, 6) is -1.24. The highest BCUT2D eigenvalue weighted by Gasteiger charge is 2.42. The second kappa shape index (κ2) is 12.6. The normalized spacial score (nSPS) is 22.9. The van der Waals surface area contributed by atoms with Gasteiger partial charge in [-0.3, -0.25) is 9.69 Å². The van der Waals surface area contributed by atoms with Gasteiger partial charge in [0.25, 0.3) is 5.91 Å².